The Morgan fingerprint density at radius 3 is 2.74 bits per heavy atom. The number of carbonyl (C=O) groups is 1. The molecule has 4 heteroatoms. The second-order valence-electron chi connectivity index (χ2n) is 6.63. The maximum Gasteiger partial charge on any atom is 0.309 e. The Hall–Kier alpha value is -0.870. The molecule has 0 aromatic rings. The Balaban J connectivity index is 2.09. The van der Waals surface area contributed by atoms with E-state index in [2.05, 4.69) is 0 Å². The van der Waals surface area contributed by atoms with Gasteiger partial charge in [-0.25, -0.2) is 0 Å². The maximum absolute atomic E-state index is 11.8. The van der Waals surface area contributed by atoms with Gasteiger partial charge in [0.2, 0.25) is 0 Å². The van der Waals surface area contributed by atoms with Crippen LogP contribution < -0.4 is 0 Å². The van der Waals surface area contributed by atoms with E-state index in [0.29, 0.717) is 6.42 Å². The molecule has 2 N–H and O–H groups in total. The van der Waals surface area contributed by atoms with Crippen LogP contribution in [0.5, 0.6) is 0 Å². The first-order chi connectivity index (χ1) is 8.86. The van der Waals surface area contributed by atoms with Gasteiger partial charge in [0.05, 0.1) is 18.1 Å². The van der Waals surface area contributed by atoms with Crippen molar-refractivity contribution < 1.29 is 19.7 Å². The Kier molecular flexibility index (Phi) is 2.81. The molecule has 1 heterocycles. The molecule has 4 nitrogen and oxygen atoms in total. The van der Waals surface area contributed by atoms with Crippen LogP contribution in [0.2, 0.25) is 0 Å². The van der Waals surface area contributed by atoms with Crippen LogP contribution in [0, 0.1) is 17.3 Å². The Bertz CT molecular complexity index is 455. The van der Waals surface area contributed by atoms with Crippen LogP contribution in [0.15, 0.2) is 11.1 Å². The molecule has 3 rings (SSSR count). The molecule has 0 amide bonds. The van der Waals surface area contributed by atoms with Gasteiger partial charge in [-0.15, -0.1) is 0 Å². The topological polar surface area (TPSA) is 66.8 Å². The molecule has 6 atom stereocenters. The van der Waals surface area contributed by atoms with E-state index in [1.807, 2.05) is 20.8 Å². The number of rotatable bonds is 0. The highest BCUT2D eigenvalue weighted by atomic mass is 16.6. The molecule has 0 spiro atoms. The number of fused-ring (bicyclic) bond motifs is 3. The van der Waals surface area contributed by atoms with Crippen LogP contribution in [0.1, 0.15) is 40.0 Å². The van der Waals surface area contributed by atoms with E-state index in [1.165, 1.54) is 0 Å². The molecule has 0 radical (unpaired) electrons. The number of ether oxygens (including phenoxy) is 1. The van der Waals surface area contributed by atoms with Crippen molar-refractivity contribution in [3.63, 3.8) is 0 Å². The number of aliphatic hydroxyl groups is 2. The molecule has 2 aliphatic carbocycles. The van der Waals surface area contributed by atoms with Crippen molar-refractivity contribution in [3.8, 4) is 0 Å². The molecule has 106 valence electrons. The average Bonchev–Trinajstić information content (AvgIpc) is 2.63. The number of carbonyl (C=O) groups excluding carboxylic acids is 1. The summed E-state index contributed by atoms with van der Waals surface area (Å²) in [6.07, 6.45) is 0.717. The summed E-state index contributed by atoms with van der Waals surface area (Å²) in [5.41, 5.74) is 1.52. The van der Waals surface area contributed by atoms with E-state index in [9.17, 15) is 15.0 Å². The number of esters is 1. The minimum atomic E-state index is -0.619. The number of hydrogen-bond donors (Lipinski definition) is 2. The van der Waals surface area contributed by atoms with Crippen LogP contribution in [-0.2, 0) is 9.53 Å². The lowest BCUT2D eigenvalue weighted by Gasteiger charge is -2.49. The lowest BCUT2D eigenvalue weighted by Crippen LogP contribution is -2.50. The zero-order chi connectivity index (χ0) is 13.9. The normalized spacial score (nSPS) is 49.7. The van der Waals surface area contributed by atoms with Gasteiger partial charge in [-0.1, -0.05) is 13.8 Å². The maximum atomic E-state index is 11.8. The molecule has 0 bridgehead atoms. The smallest absolute Gasteiger partial charge is 0.309 e. The fourth-order valence-electron chi connectivity index (χ4n) is 4.21. The van der Waals surface area contributed by atoms with Gasteiger partial charge in [0.25, 0.3) is 0 Å². The van der Waals surface area contributed by atoms with Gasteiger partial charge in [0.1, 0.15) is 6.10 Å². The van der Waals surface area contributed by atoms with Crippen molar-refractivity contribution in [2.24, 2.45) is 17.3 Å². The predicted octanol–water partition coefficient (Wildman–Crippen LogP) is 1.41. The van der Waals surface area contributed by atoms with Gasteiger partial charge < -0.3 is 14.9 Å². The minimum absolute atomic E-state index is 0.0777. The first kappa shape index (κ1) is 13.1. The lowest BCUT2D eigenvalue weighted by atomic mass is 9.58. The van der Waals surface area contributed by atoms with E-state index < -0.39 is 12.2 Å². The van der Waals surface area contributed by atoms with Crippen LogP contribution in [-0.4, -0.2) is 34.5 Å². The monoisotopic (exact) mass is 266 g/mol. The standard InChI is InChI=1S/C15H22O4/c1-7-9-4-5-15(3)11(17)6-10(16)8(2)12(15)13(9)19-14(7)18/h7,9-11,13,16-17H,4-6H2,1-3H3/t7-,9+,10-,11+,13-,15-/m0/s1. The molecule has 19 heavy (non-hydrogen) atoms. The molecule has 2 fully saturated rings. The fourth-order valence-corrected chi connectivity index (χ4v) is 4.21. The van der Waals surface area contributed by atoms with E-state index in [-0.39, 0.29) is 29.3 Å². The summed E-state index contributed by atoms with van der Waals surface area (Å²) in [5, 5.41) is 20.5. The molecule has 1 saturated carbocycles. The molecule has 3 aliphatic rings. The molecular weight excluding hydrogens is 244 g/mol. The third-order valence-electron chi connectivity index (χ3n) is 5.65. The zero-order valence-electron chi connectivity index (χ0n) is 11.7. The molecule has 0 aromatic carbocycles. The lowest BCUT2D eigenvalue weighted by molar-refractivity contribution is -0.144. The summed E-state index contributed by atoms with van der Waals surface area (Å²) in [6, 6.07) is 0. The first-order valence-corrected chi connectivity index (χ1v) is 7.14. The average molecular weight is 266 g/mol. The number of aliphatic hydroxyl groups excluding tert-OH is 2. The summed E-state index contributed by atoms with van der Waals surface area (Å²) in [5.74, 6) is -0.0248. The minimum Gasteiger partial charge on any atom is -0.457 e. The van der Waals surface area contributed by atoms with Crippen molar-refractivity contribution >= 4 is 5.97 Å². The van der Waals surface area contributed by atoms with E-state index in [0.717, 1.165) is 24.0 Å². The highest BCUT2D eigenvalue weighted by Gasteiger charge is 2.56. The number of hydrogen-bond acceptors (Lipinski definition) is 4. The Morgan fingerprint density at radius 1 is 1.37 bits per heavy atom. The fraction of sp³-hybridized carbons (Fsp3) is 0.800. The molecular formula is C15H22O4. The van der Waals surface area contributed by atoms with Gasteiger partial charge in [0, 0.05) is 17.8 Å². The molecule has 1 aliphatic heterocycles. The predicted molar refractivity (Wildman–Crippen MR) is 69.2 cm³/mol. The zero-order valence-corrected chi connectivity index (χ0v) is 11.7. The van der Waals surface area contributed by atoms with E-state index in [4.69, 9.17) is 4.74 Å². The van der Waals surface area contributed by atoms with Gasteiger partial charge >= 0.3 is 5.97 Å². The quantitative estimate of drug-likeness (QED) is 0.514. The first-order valence-electron chi connectivity index (χ1n) is 7.14. The highest BCUT2D eigenvalue weighted by Crippen LogP contribution is 2.55. The van der Waals surface area contributed by atoms with Crippen LogP contribution in [0.25, 0.3) is 0 Å². The van der Waals surface area contributed by atoms with Crippen LogP contribution >= 0.6 is 0 Å². The van der Waals surface area contributed by atoms with E-state index >= 15 is 0 Å². The highest BCUT2D eigenvalue weighted by molar-refractivity contribution is 5.75. The SMILES string of the molecule is CC1=C2[C@H]3OC(=O)[C@@H](C)[C@H]3CC[C@@]2(C)[C@H](O)C[C@@H]1O. The summed E-state index contributed by atoms with van der Waals surface area (Å²) in [4.78, 5) is 11.8. The molecule has 0 unspecified atom stereocenters. The summed E-state index contributed by atoms with van der Waals surface area (Å²) < 4.78 is 5.56. The third kappa shape index (κ3) is 1.62. The van der Waals surface area contributed by atoms with Crippen molar-refractivity contribution in [1.29, 1.82) is 0 Å². The summed E-state index contributed by atoms with van der Waals surface area (Å²) in [6.45, 7) is 5.86. The van der Waals surface area contributed by atoms with Crippen molar-refractivity contribution in [2.45, 2.75) is 58.3 Å². The Labute approximate surface area is 113 Å². The second-order valence-corrected chi connectivity index (χ2v) is 6.63. The summed E-state index contributed by atoms with van der Waals surface area (Å²) >= 11 is 0. The molecule has 0 aromatic heterocycles. The van der Waals surface area contributed by atoms with Crippen LogP contribution in [0.4, 0.5) is 0 Å². The summed E-state index contributed by atoms with van der Waals surface area (Å²) in [7, 11) is 0. The Morgan fingerprint density at radius 2 is 2.05 bits per heavy atom. The van der Waals surface area contributed by atoms with Crippen molar-refractivity contribution in [3.05, 3.63) is 11.1 Å². The third-order valence-corrected chi connectivity index (χ3v) is 5.65. The van der Waals surface area contributed by atoms with Crippen molar-refractivity contribution in [1.82, 2.24) is 0 Å². The molecule has 1 saturated heterocycles. The largest absolute Gasteiger partial charge is 0.457 e. The van der Waals surface area contributed by atoms with Gasteiger partial charge in [-0.3, -0.25) is 4.79 Å². The van der Waals surface area contributed by atoms with Gasteiger partial charge in [-0.2, -0.15) is 0 Å². The van der Waals surface area contributed by atoms with E-state index in [1.54, 1.807) is 0 Å². The van der Waals surface area contributed by atoms with Crippen molar-refractivity contribution in [2.75, 3.05) is 0 Å². The van der Waals surface area contributed by atoms with Crippen LogP contribution in [0.3, 0.4) is 0 Å². The second kappa shape index (κ2) is 4.06. The van der Waals surface area contributed by atoms with Gasteiger partial charge in [0.15, 0.2) is 0 Å². The van der Waals surface area contributed by atoms with Gasteiger partial charge in [-0.05, 0) is 30.9 Å².